The van der Waals surface area contributed by atoms with Crippen molar-refractivity contribution in [3.8, 4) is 0 Å². The van der Waals surface area contributed by atoms with E-state index in [2.05, 4.69) is 24.1 Å². The molecule has 0 bridgehead atoms. The molecule has 0 spiro atoms. The Morgan fingerprint density at radius 3 is 2.90 bits per heavy atom. The molecule has 106 valence electrons. The molecule has 1 aromatic carbocycles. The molecular formula is C15H18ClN3O. The molecule has 0 unspecified atom stereocenters. The fraction of sp³-hybridized carbons (Fsp3) is 0.333. The number of nitrogens with one attached hydrogen (secondary N) is 1. The van der Waals surface area contributed by atoms with Gasteiger partial charge in [0.15, 0.2) is 5.82 Å². The largest absolute Gasteiger partial charge is 0.361 e. The van der Waals surface area contributed by atoms with E-state index < -0.39 is 0 Å². The minimum Gasteiger partial charge on any atom is -0.361 e. The van der Waals surface area contributed by atoms with E-state index in [0.717, 1.165) is 5.56 Å². The second-order valence-corrected chi connectivity index (χ2v) is 5.55. The van der Waals surface area contributed by atoms with Crippen LogP contribution in [0.1, 0.15) is 19.4 Å². The van der Waals surface area contributed by atoms with Crippen molar-refractivity contribution < 1.29 is 0 Å². The third-order valence-electron chi connectivity index (χ3n) is 2.82. The third-order valence-corrected chi connectivity index (χ3v) is 3.06. The van der Waals surface area contributed by atoms with Crippen molar-refractivity contribution in [2.45, 2.75) is 26.9 Å². The van der Waals surface area contributed by atoms with Crippen LogP contribution in [0.3, 0.4) is 0 Å². The second-order valence-electron chi connectivity index (χ2n) is 5.11. The number of anilines is 1. The van der Waals surface area contributed by atoms with E-state index in [1.807, 2.05) is 24.3 Å². The number of aromatic nitrogens is 2. The summed E-state index contributed by atoms with van der Waals surface area (Å²) in [5, 5.41) is 3.75. The molecule has 2 rings (SSSR count). The number of halogens is 1. The fourth-order valence-electron chi connectivity index (χ4n) is 1.94. The standard InChI is InChI=1S/C15H18ClN3O/c1-11(2)10-19-7-6-17-14(15(19)20)18-9-12-4-3-5-13(16)8-12/h3-8,11H,9-10H2,1-2H3,(H,17,18). The van der Waals surface area contributed by atoms with Gasteiger partial charge >= 0.3 is 0 Å². The Bertz CT molecular complexity index is 637. The normalized spacial score (nSPS) is 10.8. The molecule has 1 aromatic heterocycles. The maximum Gasteiger partial charge on any atom is 0.293 e. The number of hydrogen-bond donors (Lipinski definition) is 1. The monoisotopic (exact) mass is 291 g/mol. The van der Waals surface area contributed by atoms with Gasteiger partial charge in [-0.15, -0.1) is 0 Å². The summed E-state index contributed by atoms with van der Waals surface area (Å²) >= 11 is 5.93. The van der Waals surface area contributed by atoms with Crippen LogP contribution in [0.4, 0.5) is 5.82 Å². The number of nitrogens with zero attached hydrogens (tertiary/aromatic N) is 2. The summed E-state index contributed by atoms with van der Waals surface area (Å²) in [5.74, 6) is 0.781. The molecule has 20 heavy (non-hydrogen) atoms. The Hall–Kier alpha value is -1.81. The third kappa shape index (κ3) is 3.84. The van der Waals surface area contributed by atoms with Crippen LogP contribution < -0.4 is 10.9 Å². The highest BCUT2D eigenvalue weighted by Crippen LogP contribution is 2.11. The van der Waals surface area contributed by atoms with E-state index in [4.69, 9.17) is 11.6 Å². The number of benzene rings is 1. The molecule has 1 heterocycles. The SMILES string of the molecule is CC(C)Cn1ccnc(NCc2cccc(Cl)c2)c1=O. The average molecular weight is 292 g/mol. The van der Waals surface area contributed by atoms with E-state index in [0.29, 0.717) is 29.8 Å². The molecule has 0 aliphatic heterocycles. The van der Waals surface area contributed by atoms with Crippen molar-refractivity contribution in [2.75, 3.05) is 5.32 Å². The van der Waals surface area contributed by atoms with E-state index in [1.54, 1.807) is 17.0 Å². The molecule has 0 amide bonds. The van der Waals surface area contributed by atoms with Crippen LogP contribution in [0.2, 0.25) is 5.02 Å². The van der Waals surface area contributed by atoms with Crippen LogP contribution in [-0.4, -0.2) is 9.55 Å². The smallest absolute Gasteiger partial charge is 0.293 e. The first-order chi connectivity index (χ1) is 9.56. The van der Waals surface area contributed by atoms with Gasteiger partial charge in [0, 0.05) is 30.5 Å². The molecular weight excluding hydrogens is 274 g/mol. The molecule has 0 radical (unpaired) electrons. The lowest BCUT2D eigenvalue weighted by atomic mass is 10.2. The summed E-state index contributed by atoms with van der Waals surface area (Å²) in [6.45, 7) is 5.36. The zero-order chi connectivity index (χ0) is 14.5. The Morgan fingerprint density at radius 1 is 1.40 bits per heavy atom. The van der Waals surface area contributed by atoms with Gasteiger partial charge < -0.3 is 9.88 Å². The molecule has 0 saturated carbocycles. The van der Waals surface area contributed by atoms with Crippen molar-refractivity contribution >= 4 is 17.4 Å². The summed E-state index contributed by atoms with van der Waals surface area (Å²) < 4.78 is 1.68. The van der Waals surface area contributed by atoms with E-state index in [-0.39, 0.29) is 5.56 Å². The first-order valence-electron chi connectivity index (χ1n) is 6.60. The van der Waals surface area contributed by atoms with E-state index in [1.165, 1.54) is 0 Å². The predicted molar refractivity (Wildman–Crippen MR) is 82.1 cm³/mol. The lowest BCUT2D eigenvalue weighted by Gasteiger charge is -2.11. The molecule has 1 N–H and O–H groups in total. The van der Waals surface area contributed by atoms with Gasteiger partial charge in [0.05, 0.1) is 0 Å². The van der Waals surface area contributed by atoms with Crippen molar-refractivity contribution in [3.63, 3.8) is 0 Å². The summed E-state index contributed by atoms with van der Waals surface area (Å²) in [7, 11) is 0. The van der Waals surface area contributed by atoms with Crippen LogP contribution in [0.15, 0.2) is 41.5 Å². The van der Waals surface area contributed by atoms with Crippen LogP contribution in [0, 0.1) is 5.92 Å². The van der Waals surface area contributed by atoms with Gasteiger partial charge in [-0.2, -0.15) is 0 Å². The van der Waals surface area contributed by atoms with Crippen LogP contribution in [0.5, 0.6) is 0 Å². The van der Waals surface area contributed by atoms with Crippen molar-refractivity contribution in [1.82, 2.24) is 9.55 Å². The minimum absolute atomic E-state index is 0.0942. The number of hydrogen-bond acceptors (Lipinski definition) is 3. The molecule has 2 aromatic rings. The highest BCUT2D eigenvalue weighted by molar-refractivity contribution is 6.30. The van der Waals surface area contributed by atoms with Gasteiger partial charge in [0.2, 0.25) is 0 Å². The summed E-state index contributed by atoms with van der Waals surface area (Å²) in [5.41, 5.74) is 0.918. The molecule has 4 nitrogen and oxygen atoms in total. The fourth-order valence-corrected chi connectivity index (χ4v) is 2.15. The van der Waals surface area contributed by atoms with E-state index >= 15 is 0 Å². The van der Waals surface area contributed by atoms with Gasteiger partial charge in [0.25, 0.3) is 5.56 Å². The van der Waals surface area contributed by atoms with Gasteiger partial charge in [-0.1, -0.05) is 37.6 Å². The van der Waals surface area contributed by atoms with E-state index in [9.17, 15) is 4.79 Å². The number of rotatable bonds is 5. The molecule has 5 heteroatoms. The maximum absolute atomic E-state index is 12.2. The van der Waals surface area contributed by atoms with Crippen molar-refractivity contribution in [2.24, 2.45) is 5.92 Å². The first-order valence-corrected chi connectivity index (χ1v) is 6.98. The topological polar surface area (TPSA) is 46.9 Å². The second kappa shape index (κ2) is 6.57. The van der Waals surface area contributed by atoms with Gasteiger partial charge in [-0.3, -0.25) is 4.79 Å². The molecule has 0 aliphatic rings. The zero-order valence-corrected chi connectivity index (χ0v) is 12.4. The lowest BCUT2D eigenvalue weighted by molar-refractivity contribution is 0.509. The molecule has 0 saturated heterocycles. The maximum atomic E-state index is 12.2. The van der Waals surface area contributed by atoms with Crippen LogP contribution >= 0.6 is 11.6 Å². The van der Waals surface area contributed by atoms with Crippen LogP contribution in [0.25, 0.3) is 0 Å². The first kappa shape index (κ1) is 14.6. The Balaban J connectivity index is 2.12. The van der Waals surface area contributed by atoms with Crippen LogP contribution in [-0.2, 0) is 13.1 Å². The lowest BCUT2D eigenvalue weighted by Crippen LogP contribution is -2.25. The summed E-state index contributed by atoms with van der Waals surface area (Å²) in [6, 6.07) is 7.52. The van der Waals surface area contributed by atoms with Gasteiger partial charge in [-0.05, 0) is 23.6 Å². The highest BCUT2D eigenvalue weighted by Gasteiger charge is 2.06. The minimum atomic E-state index is -0.0942. The Kier molecular flexibility index (Phi) is 4.79. The average Bonchev–Trinajstić information content (AvgIpc) is 2.39. The Labute approximate surface area is 123 Å². The molecule has 0 fully saturated rings. The zero-order valence-electron chi connectivity index (χ0n) is 11.6. The molecule has 0 atom stereocenters. The highest BCUT2D eigenvalue weighted by atomic mass is 35.5. The van der Waals surface area contributed by atoms with Gasteiger partial charge in [0.1, 0.15) is 0 Å². The Morgan fingerprint density at radius 2 is 2.20 bits per heavy atom. The molecule has 0 aliphatic carbocycles. The summed E-state index contributed by atoms with van der Waals surface area (Å²) in [4.78, 5) is 16.3. The predicted octanol–water partition coefficient (Wildman–Crippen LogP) is 3.16. The van der Waals surface area contributed by atoms with Gasteiger partial charge in [-0.25, -0.2) is 4.98 Å². The van der Waals surface area contributed by atoms with Crippen molar-refractivity contribution in [3.05, 3.63) is 57.6 Å². The van der Waals surface area contributed by atoms with Crippen molar-refractivity contribution in [1.29, 1.82) is 0 Å². The summed E-state index contributed by atoms with van der Waals surface area (Å²) in [6.07, 6.45) is 3.36. The quantitative estimate of drug-likeness (QED) is 0.920.